The van der Waals surface area contributed by atoms with Gasteiger partial charge in [-0.3, -0.25) is 4.79 Å². The number of hydrogen-bond donors (Lipinski definition) is 1. The molecule has 6 heteroatoms. The second-order valence-corrected chi connectivity index (χ2v) is 6.31. The molecule has 0 spiro atoms. The van der Waals surface area contributed by atoms with E-state index in [1.54, 1.807) is 23.0 Å². The van der Waals surface area contributed by atoms with Crippen molar-refractivity contribution in [3.63, 3.8) is 0 Å². The predicted molar refractivity (Wildman–Crippen MR) is 97.0 cm³/mol. The minimum atomic E-state index is -0.309. The highest BCUT2D eigenvalue weighted by Gasteiger charge is 2.21. The third kappa shape index (κ3) is 3.40. The number of halogens is 1. The van der Waals surface area contributed by atoms with Crippen LogP contribution in [0, 0.1) is 19.7 Å². The van der Waals surface area contributed by atoms with E-state index in [-0.39, 0.29) is 17.8 Å². The first kappa shape index (κ1) is 17.9. The lowest BCUT2D eigenvalue weighted by atomic mass is 10.1. The van der Waals surface area contributed by atoms with Gasteiger partial charge in [0.15, 0.2) is 0 Å². The maximum atomic E-state index is 13.2. The van der Waals surface area contributed by atoms with Crippen molar-refractivity contribution in [2.75, 3.05) is 0 Å². The Kier molecular flexibility index (Phi) is 4.93. The van der Waals surface area contributed by atoms with Crippen LogP contribution in [0.25, 0.3) is 5.69 Å². The van der Waals surface area contributed by atoms with Gasteiger partial charge in [-0.25, -0.2) is 9.07 Å². The van der Waals surface area contributed by atoms with E-state index in [0.29, 0.717) is 12.0 Å². The van der Waals surface area contributed by atoms with Crippen LogP contribution in [0.15, 0.2) is 40.9 Å². The zero-order valence-electron chi connectivity index (χ0n) is 15.3. The van der Waals surface area contributed by atoms with Crippen LogP contribution in [-0.2, 0) is 6.42 Å². The number of benzene rings is 1. The lowest BCUT2D eigenvalue weighted by Crippen LogP contribution is -2.27. The fourth-order valence-electron chi connectivity index (χ4n) is 3.14. The van der Waals surface area contributed by atoms with E-state index in [1.165, 1.54) is 12.1 Å². The quantitative estimate of drug-likeness (QED) is 0.743. The standard InChI is InChI=1S/C20H22FN3O2/c1-5-19-18(11-22-24(19)16-8-6-15(21)7-9-16)20(25)23-13(3)17-10-12(2)26-14(17)4/h6-11,13H,5H2,1-4H3,(H,23,25). The number of rotatable bonds is 5. The van der Waals surface area contributed by atoms with E-state index in [2.05, 4.69) is 10.4 Å². The Hall–Kier alpha value is -2.89. The lowest BCUT2D eigenvalue weighted by Gasteiger charge is -2.14. The second kappa shape index (κ2) is 7.15. The van der Waals surface area contributed by atoms with Crippen LogP contribution in [-0.4, -0.2) is 15.7 Å². The van der Waals surface area contributed by atoms with Crippen LogP contribution in [0.2, 0.25) is 0 Å². The first-order valence-corrected chi connectivity index (χ1v) is 8.61. The SMILES string of the molecule is CCc1c(C(=O)NC(C)c2cc(C)oc2C)cnn1-c1ccc(F)cc1. The molecule has 1 unspecified atom stereocenters. The van der Waals surface area contributed by atoms with Crippen molar-refractivity contribution in [2.24, 2.45) is 0 Å². The Morgan fingerprint density at radius 3 is 2.58 bits per heavy atom. The second-order valence-electron chi connectivity index (χ2n) is 6.31. The zero-order chi connectivity index (χ0) is 18.8. The molecule has 1 atom stereocenters. The summed E-state index contributed by atoms with van der Waals surface area (Å²) in [5.41, 5.74) is 2.97. The summed E-state index contributed by atoms with van der Waals surface area (Å²) in [6.45, 7) is 7.65. The first-order valence-electron chi connectivity index (χ1n) is 8.61. The number of furan rings is 1. The summed E-state index contributed by atoms with van der Waals surface area (Å²) in [6.07, 6.45) is 2.18. The van der Waals surface area contributed by atoms with Crippen molar-refractivity contribution < 1.29 is 13.6 Å². The van der Waals surface area contributed by atoms with Gasteiger partial charge in [0.1, 0.15) is 17.3 Å². The monoisotopic (exact) mass is 355 g/mol. The van der Waals surface area contributed by atoms with Crippen molar-refractivity contribution in [3.8, 4) is 5.69 Å². The molecular weight excluding hydrogens is 333 g/mol. The van der Waals surface area contributed by atoms with Crippen LogP contribution >= 0.6 is 0 Å². The third-order valence-corrected chi connectivity index (χ3v) is 4.41. The van der Waals surface area contributed by atoms with Gasteiger partial charge in [-0.1, -0.05) is 6.92 Å². The molecule has 0 saturated heterocycles. The molecule has 0 radical (unpaired) electrons. The van der Waals surface area contributed by atoms with Crippen molar-refractivity contribution in [2.45, 2.75) is 40.2 Å². The molecule has 26 heavy (non-hydrogen) atoms. The van der Waals surface area contributed by atoms with E-state index in [9.17, 15) is 9.18 Å². The Morgan fingerprint density at radius 1 is 1.31 bits per heavy atom. The highest BCUT2D eigenvalue weighted by molar-refractivity contribution is 5.95. The van der Waals surface area contributed by atoms with E-state index < -0.39 is 0 Å². The number of aryl methyl sites for hydroxylation is 2. The predicted octanol–water partition coefficient (Wildman–Crippen LogP) is 4.27. The number of aromatic nitrogens is 2. The summed E-state index contributed by atoms with van der Waals surface area (Å²) in [4.78, 5) is 12.8. The van der Waals surface area contributed by atoms with Gasteiger partial charge >= 0.3 is 0 Å². The van der Waals surface area contributed by atoms with Crippen LogP contribution in [0.5, 0.6) is 0 Å². The molecule has 3 rings (SSSR count). The van der Waals surface area contributed by atoms with Gasteiger partial charge in [0.05, 0.1) is 29.2 Å². The average molecular weight is 355 g/mol. The molecule has 5 nitrogen and oxygen atoms in total. The largest absolute Gasteiger partial charge is 0.466 e. The number of nitrogens with zero attached hydrogens (tertiary/aromatic N) is 2. The van der Waals surface area contributed by atoms with Crippen LogP contribution in [0.4, 0.5) is 4.39 Å². The molecule has 1 amide bonds. The smallest absolute Gasteiger partial charge is 0.255 e. The Balaban J connectivity index is 1.86. The molecule has 136 valence electrons. The summed E-state index contributed by atoms with van der Waals surface area (Å²) in [5.74, 6) is 1.11. The highest BCUT2D eigenvalue weighted by atomic mass is 19.1. The van der Waals surface area contributed by atoms with Gasteiger partial charge in [0.2, 0.25) is 0 Å². The maximum absolute atomic E-state index is 13.2. The number of carbonyl (C=O) groups excluding carboxylic acids is 1. The number of nitrogens with one attached hydrogen (secondary N) is 1. The van der Waals surface area contributed by atoms with Crippen molar-refractivity contribution in [1.82, 2.24) is 15.1 Å². The zero-order valence-corrected chi connectivity index (χ0v) is 15.3. The van der Waals surface area contributed by atoms with E-state index in [1.807, 2.05) is 33.8 Å². The summed E-state index contributed by atoms with van der Waals surface area (Å²) in [7, 11) is 0. The first-order chi connectivity index (χ1) is 12.4. The Labute approximate surface area is 151 Å². The van der Waals surface area contributed by atoms with Gasteiger partial charge in [-0.2, -0.15) is 5.10 Å². The molecule has 0 bridgehead atoms. The maximum Gasteiger partial charge on any atom is 0.255 e. The van der Waals surface area contributed by atoms with Crippen LogP contribution < -0.4 is 5.32 Å². The molecular formula is C20H22FN3O2. The molecule has 0 fully saturated rings. The van der Waals surface area contributed by atoms with Gasteiger partial charge in [-0.05, 0) is 57.5 Å². The molecule has 0 aliphatic rings. The number of hydrogen-bond acceptors (Lipinski definition) is 3. The minimum absolute atomic E-state index is 0.182. The summed E-state index contributed by atoms with van der Waals surface area (Å²) >= 11 is 0. The number of carbonyl (C=O) groups is 1. The molecule has 0 saturated carbocycles. The number of amides is 1. The van der Waals surface area contributed by atoms with Gasteiger partial charge in [-0.15, -0.1) is 0 Å². The van der Waals surface area contributed by atoms with Crippen molar-refractivity contribution >= 4 is 5.91 Å². The molecule has 1 N–H and O–H groups in total. The van der Waals surface area contributed by atoms with Crippen molar-refractivity contribution in [3.05, 3.63) is 70.7 Å². The van der Waals surface area contributed by atoms with Gasteiger partial charge in [0.25, 0.3) is 5.91 Å². The fraction of sp³-hybridized carbons (Fsp3) is 0.300. The topological polar surface area (TPSA) is 60.1 Å². The molecule has 0 aliphatic heterocycles. The fourth-order valence-corrected chi connectivity index (χ4v) is 3.14. The summed E-state index contributed by atoms with van der Waals surface area (Å²) in [5, 5.41) is 7.33. The summed E-state index contributed by atoms with van der Waals surface area (Å²) < 4.78 is 20.4. The van der Waals surface area contributed by atoms with E-state index in [4.69, 9.17) is 4.42 Å². The van der Waals surface area contributed by atoms with Gasteiger partial charge in [0, 0.05) is 5.56 Å². The highest BCUT2D eigenvalue weighted by Crippen LogP contribution is 2.22. The molecule has 2 aromatic heterocycles. The lowest BCUT2D eigenvalue weighted by molar-refractivity contribution is 0.0938. The third-order valence-electron chi connectivity index (χ3n) is 4.41. The molecule has 1 aromatic carbocycles. The average Bonchev–Trinajstić information content (AvgIpc) is 3.18. The minimum Gasteiger partial charge on any atom is -0.466 e. The Morgan fingerprint density at radius 2 is 2.00 bits per heavy atom. The molecule has 2 heterocycles. The van der Waals surface area contributed by atoms with Gasteiger partial charge < -0.3 is 9.73 Å². The normalized spacial score (nSPS) is 12.2. The Bertz CT molecular complexity index is 925. The molecule has 3 aromatic rings. The summed E-state index contributed by atoms with van der Waals surface area (Å²) in [6, 6.07) is 7.79. The van der Waals surface area contributed by atoms with Crippen LogP contribution in [0.3, 0.4) is 0 Å². The van der Waals surface area contributed by atoms with Crippen LogP contribution in [0.1, 0.15) is 53.0 Å². The van der Waals surface area contributed by atoms with Crippen molar-refractivity contribution in [1.29, 1.82) is 0 Å². The molecule has 0 aliphatic carbocycles. The van der Waals surface area contributed by atoms with E-state index in [0.717, 1.165) is 28.5 Å². The van der Waals surface area contributed by atoms with E-state index >= 15 is 0 Å².